The lowest BCUT2D eigenvalue weighted by Crippen LogP contribution is -2.46. The molecule has 1 aromatic rings. The summed E-state index contributed by atoms with van der Waals surface area (Å²) in [5.74, 6) is -0.222. The van der Waals surface area contributed by atoms with E-state index in [1.807, 2.05) is 27.7 Å². The summed E-state index contributed by atoms with van der Waals surface area (Å²) in [5.41, 5.74) is 0.266. The molecule has 0 atom stereocenters. The molecule has 0 aliphatic carbocycles. The fourth-order valence-corrected chi connectivity index (χ4v) is 1.59. The Morgan fingerprint density at radius 1 is 1.35 bits per heavy atom. The van der Waals surface area contributed by atoms with Gasteiger partial charge in [-0.3, -0.25) is 0 Å². The van der Waals surface area contributed by atoms with Crippen molar-refractivity contribution in [2.75, 3.05) is 6.61 Å². The number of esters is 1. The van der Waals surface area contributed by atoms with E-state index >= 15 is 0 Å². The molecule has 1 aromatic carbocycles. The van der Waals surface area contributed by atoms with Gasteiger partial charge in [-0.1, -0.05) is 32.0 Å². The van der Waals surface area contributed by atoms with E-state index < -0.39 is 18.7 Å². The first kappa shape index (κ1) is 16.7. The molecule has 4 nitrogen and oxygen atoms in total. The van der Waals surface area contributed by atoms with Gasteiger partial charge in [0.2, 0.25) is 0 Å². The van der Waals surface area contributed by atoms with Crippen LogP contribution in [-0.4, -0.2) is 30.3 Å². The molecule has 20 heavy (non-hydrogen) atoms. The van der Waals surface area contributed by atoms with Gasteiger partial charge < -0.3 is 14.4 Å². The molecule has 0 spiro atoms. The molecular formula is C15H23BO4. The van der Waals surface area contributed by atoms with E-state index in [1.165, 1.54) is 0 Å². The van der Waals surface area contributed by atoms with Crippen LogP contribution in [-0.2, 0) is 9.39 Å². The Kier molecular flexibility index (Phi) is 5.78. The number of hydrogen-bond acceptors (Lipinski definition) is 4. The molecule has 1 rings (SSSR count). The van der Waals surface area contributed by atoms with E-state index in [0.29, 0.717) is 17.6 Å². The van der Waals surface area contributed by atoms with Crippen LogP contribution >= 0.6 is 0 Å². The number of hydrogen-bond donors (Lipinski definition) is 1. The SMILES string of the molecule is CCOC(=O)c1ccccc1B(O)OC(C)(C)C(C)C. The molecule has 0 saturated carbocycles. The van der Waals surface area contributed by atoms with Crippen LogP contribution in [0.3, 0.4) is 0 Å². The topological polar surface area (TPSA) is 55.8 Å². The molecule has 0 aliphatic heterocycles. The maximum Gasteiger partial charge on any atom is 0.492 e. The Labute approximate surface area is 121 Å². The van der Waals surface area contributed by atoms with Crippen molar-refractivity contribution in [1.82, 2.24) is 0 Å². The Hall–Kier alpha value is -1.33. The minimum Gasteiger partial charge on any atom is -0.462 e. The lowest BCUT2D eigenvalue weighted by atomic mass is 9.74. The standard InChI is InChI=1S/C15H23BO4/c1-6-19-14(17)12-9-7-8-10-13(12)16(18)20-15(4,5)11(2)3/h7-11,18H,6H2,1-5H3. The lowest BCUT2D eigenvalue weighted by Gasteiger charge is -2.31. The lowest BCUT2D eigenvalue weighted by molar-refractivity contribution is 0.0415. The van der Waals surface area contributed by atoms with Gasteiger partial charge in [-0.15, -0.1) is 0 Å². The van der Waals surface area contributed by atoms with Gasteiger partial charge in [0.25, 0.3) is 0 Å². The zero-order valence-corrected chi connectivity index (χ0v) is 12.8. The van der Waals surface area contributed by atoms with Crippen molar-refractivity contribution in [2.45, 2.75) is 40.2 Å². The fraction of sp³-hybridized carbons (Fsp3) is 0.533. The molecule has 0 fully saturated rings. The van der Waals surface area contributed by atoms with E-state index in [1.54, 1.807) is 31.2 Å². The van der Waals surface area contributed by atoms with Crippen LogP contribution in [0.5, 0.6) is 0 Å². The number of carbonyl (C=O) groups excluding carboxylic acids is 1. The molecule has 0 bridgehead atoms. The second-order valence-corrected chi connectivity index (χ2v) is 5.54. The fourth-order valence-electron chi connectivity index (χ4n) is 1.59. The first-order valence-corrected chi connectivity index (χ1v) is 6.91. The van der Waals surface area contributed by atoms with Gasteiger partial charge in [-0.05, 0) is 38.2 Å². The van der Waals surface area contributed by atoms with E-state index in [4.69, 9.17) is 9.39 Å². The van der Waals surface area contributed by atoms with Gasteiger partial charge in [0.15, 0.2) is 0 Å². The van der Waals surface area contributed by atoms with Crippen molar-refractivity contribution < 1.29 is 19.2 Å². The summed E-state index contributed by atoms with van der Waals surface area (Å²) in [5, 5.41) is 10.3. The van der Waals surface area contributed by atoms with Crippen LogP contribution in [0, 0.1) is 5.92 Å². The minimum atomic E-state index is -1.16. The van der Waals surface area contributed by atoms with Crippen LogP contribution in [0.4, 0.5) is 0 Å². The predicted octanol–water partition coefficient (Wildman–Crippen LogP) is 2.00. The summed E-state index contributed by atoms with van der Waals surface area (Å²) in [6.45, 7) is 9.90. The van der Waals surface area contributed by atoms with Gasteiger partial charge in [-0.25, -0.2) is 4.79 Å². The summed E-state index contributed by atoms with van der Waals surface area (Å²) >= 11 is 0. The molecule has 0 aliphatic rings. The Morgan fingerprint density at radius 2 is 1.95 bits per heavy atom. The van der Waals surface area contributed by atoms with E-state index in [0.717, 1.165) is 0 Å². The van der Waals surface area contributed by atoms with Crippen LogP contribution in [0.2, 0.25) is 0 Å². The van der Waals surface area contributed by atoms with E-state index in [2.05, 4.69) is 0 Å². The molecule has 0 unspecified atom stereocenters. The van der Waals surface area contributed by atoms with Crippen molar-refractivity contribution in [3.05, 3.63) is 29.8 Å². The zero-order valence-electron chi connectivity index (χ0n) is 12.8. The van der Waals surface area contributed by atoms with Crippen LogP contribution < -0.4 is 5.46 Å². The largest absolute Gasteiger partial charge is 0.492 e. The third-order valence-electron chi connectivity index (χ3n) is 3.53. The Bertz CT molecular complexity index is 457. The van der Waals surface area contributed by atoms with Crippen molar-refractivity contribution in [3.63, 3.8) is 0 Å². The zero-order chi connectivity index (χ0) is 15.3. The van der Waals surface area contributed by atoms with Crippen molar-refractivity contribution >= 4 is 18.6 Å². The monoisotopic (exact) mass is 278 g/mol. The molecule has 0 radical (unpaired) electrons. The normalized spacial score (nSPS) is 11.6. The predicted molar refractivity (Wildman–Crippen MR) is 80.0 cm³/mol. The van der Waals surface area contributed by atoms with Crippen molar-refractivity contribution in [2.24, 2.45) is 5.92 Å². The third kappa shape index (κ3) is 4.08. The molecular weight excluding hydrogens is 255 g/mol. The Balaban J connectivity index is 2.99. The maximum atomic E-state index is 11.9. The number of benzene rings is 1. The third-order valence-corrected chi connectivity index (χ3v) is 3.53. The second kappa shape index (κ2) is 6.91. The van der Waals surface area contributed by atoms with Crippen LogP contribution in [0.15, 0.2) is 24.3 Å². The quantitative estimate of drug-likeness (QED) is 0.638. The second-order valence-electron chi connectivity index (χ2n) is 5.54. The van der Waals surface area contributed by atoms with Gasteiger partial charge in [0, 0.05) is 0 Å². The molecule has 5 heteroatoms. The van der Waals surface area contributed by atoms with Gasteiger partial charge in [-0.2, -0.15) is 0 Å². The molecule has 110 valence electrons. The molecule has 0 saturated heterocycles. The molecule has 0 amide bonds. The highest BCUT2D eigenvalue weighted by Gasteiger charge is 2.32. The summed E-state index contributed by atoms with van der Waals surface area (Å²) in [4.78, 5) is 11.9. The van der Waals surface area contributed by atoms with Crippen LogP contribution in [0.1, 0.15) is 45.0 Å². The molecule has 1 N–H and O–H groups in total. The maximum absolute atomic E-state index is 11.9. The highest BCUT2D eigenvalue weighted by atomic mass is 16.5. The summed E-state index contributed by atoms with van der Waals surface area (Å²) in [7, 11) is -1.16. The first-order valence-electron chi connectivity index (χ1n) is 6.91. The average Bonchev–Trinajstić information content (AvgIpc) is 2.38. The van der Waals surface area contributed by atoms with E-state index in [9.17, 15) is 9.82 Å². The molecule has 0 aromatic heterocycles. The Morgan fingerprint density at radius 3 is 2.50 bits per heavy atom. The molecule has 0 heterocycles. The first-order chi connectivity index (χ1) is 9.29. The number of rotatable bonds is 6. The van der Waals surface area contributed by atoms with E-state index in [-0.39, 0.29) is 5.92 Å². The number of carbonyl (C=O) groups is 1. The van der Waals surface area contributed by atoms with Gasteiger partial charge in [0.1, 0.15) is 0 Å². The smallest absolute Gasteiger partial charge is 0.462 e. The summed E-state index contributed by atoms with van der Waals surface area (Å²) in [6, 6.07) is 6.79. The van der Waals surface area contributed by atoms with Crippen LogP contribution in [0.25, 0.3) is 0 Å². The van der Waals surface area contributed by atoms with Gasteiger partial charge >= 0.3 is 13.1 Å². The van der Waals surface area contributed by atoms with Gasteiger partial charge in [0.05, 0.1) is 17.8 Å². The van der Waals surface area contributed by atoms with Crippen molar-refractivity contribution in [1.29, 1.82) is 0 Å². The minimum absolute atomic E-state index is 0.229. The van der Waals surface area contributed by atoms with Crippen molar-refractivity contribution in [3.8, 4) is 0 Å². The summed E-state index contributed by atoms with van der Waals surface area (Å²) < 4.78 is 10.7. The average molecular weight is 278 g/mol. The highest BCUT2D eigenvalue weighted by Crippen LogP contribution is 2.21. The summed E-state index contributed by atoms with van der Waals surface area (Å²) in [6.07, 6.45) is 0. The number of ether oxygens (including phenoxy) is 1. The highest BCUT2D eigenvalue weighted by molar-refractivity contribution is 6.61.